The quantitative estimate of drug-likeness (QED) is 0.151. The average molecular weight is 538 g/mol. The minimum Gasteiger partial charge on any atom is -0.406 e. The van der Waals surface area contributed by atoms with Crippen LogP contribution in [0.2, 0.25) is 10.2 Å². The molecule has 2 aromatic carbocycles. The van der Waals surface area contributed by atoms with Gasteiger partial charge in [-0.25, -0.2) is 9.37 Å². The number of nitrogens with zero attached hydrogens (tertiary/aromatic N) is 6. The van der Waals surface area contributed by atoms with Gasteiger partial charge in [0, 0.05) is 11.9 Å². The van der Waals surface area contributed by atoms with Crippen LogP contribution in [0.5, 0.6) is 5.75 Å². The van der Waals surface area contributed by atoms with Crippen molar-refractivity contribution in [1.82, 2.24) is 19.9 Å². The molecule has 184 valence electrons. The number of ether oxygens (including phenoxy) is 1. The normalized spacial score (nSPS) is 11.6. The third-order valence-electron chi connectivity index (χ3n) is 4.36. The standard InChI is InChI=1S/C22H13Cl2F4N7O/c23-15-2-1-3-16(25)18(15)19-32-20(31-13-8-9-29-17(24)10-13)34-21(33-19)35-30-11-12-4-6-14(7-5-12)36-22(26,27)28/h1-10H,11H2,(H,29,31,32,33,34). The Kier molecular flexibility index (Phi) is 7.55. The molecular formula is C22H13Cl2F4N7O. The molecule has 2 aromatic heterocycles. The molecule has 0 aliphatic heterocycles. The minimum absolute atomic E-state index is 0.00348. The lowest BCUT2D eigenvalue weighted by molar-refractivity contribution is -0.274. The molecule has 0 atom stereocenters. The monoisotopic (exact) mass is 537 g/mol. The summed E-state index contributed by atoms with van der Waals surface area (Å²) in [7, 11) is 0. The fraction of sp³-hybridized carbons (Fsp3) is 0.0909. The summed E-state index contributed by atoms with van der Waals surface area (Å²) < 4.78 is 55.3. The number of azo groups is 1. The number of pyridine rings is 1. The third-order valence-corrected chi connectivity index (χ3v) is 4.88. The first kappa shape index (κ1) is 25.2. The molecule has 0 aliphatic carbocycles. The first-order chi connectivity index (χ1) is 17.2. The van der Waals surface area contributed by atoms with Crippen molar-refractivity contribution in [3.05, 3.63) is 82.4 Å². The zero-order chi connectivity index (χ0) is 25.7. The number of hydrogen-bond donors (Lipinski definition) is 1. The summed E-state index contributed by atoms with van der Waals surface area (Å²) in [5, 5.41) is 11.1. The predicted molar refractivity (Wildman–Crippen MR) is 124 cm³/mol. The van der Waals surface area contributed by atoms with Crippen LogP contribution in [0.3, 0.4) is 0 Å². The van der Waals surface area contributed by atoms with E-state index in [-0.39, 0.29) is 45.8 Å². The van der Waals surface area contributed by atoms with E-state index >= 15 is 0 Å². The maximum absolute atomic E-state index is 14.5. The first-order valence-electron chi connectivity index (χ1n) is 9.97. The fourth-order valence-corrected chi connectivity index (χ4v) is 3.30. The summed E-state index contributed by atoms with van der Waals surface area (Å²) in [6.07, 6.45) is -3.32. The highest BCUT2D eigenvalue weighted by atomic mass is 35.5. The van der Waals surface area contributed by atoms with Gasteiger partial charge < -0.3 is 10.1 Å². The maximum atomic E-state index is 14.5. The third kappa shape index (κ3) is 6.83. The van der Waals surface area contributed by atoms with E-state index in [4.69, 9.17) is 23.2 Å². The molecule has 0 spiro atoms. The van der Waals surface area contributed by atoms with Crippen molar-refractivity contribution in [2.75, 3.05) is 5.32 Å². The van der Waals surface area contributed by atoms with Crippen LogP contribution in [0.15, 0.2) is 71.0 Å². The summed E-state index contributed by atoms with van der Waals surface area (Å²) in [5.41, 5.74) is 0.981. The Labute approximate surface area is 211 Å². The fourth-order valence-electron chi connectivity index (χ4n) is 2.87. The van der Waals surface area contributed by atoms with Crippen LogP contribution >= 0.6 is 23.2 Å². The molecule has 0 saturated heterocycles. The van der Waals surface area contributed by atoms with Crippen LogP contribution in [0.25, 0.3) is 11.4 Å². The molecule has 0 amide bonds. The smallest absolute Gasteiger partial charge is 0.406 e. The number of anilines is 2. The molecule has 0 bridgehead atoms. The van der Waals surface area contributed by atoms with Crippen molar-refractivity contribution in [2.24, 2.45) is 10.2 Å². The van der Waals surface area contributed by atoms with E-state index in [1.165, 1.54) is 42.6 Å². The zero-order valence-electron chi connectivity index (χ0n) is 17.8. The Morgan fingerprint density at radius 3 is 2.44 bits per heavy atom. The summed E-state index contributed by atoms with van der Waals surface area (Å²) in [6, 6.07) is 12.4. The van der Waals surface area contributed by atoms with E-state index in [1.807, 2.05) is 0 Å². The molecule has 4 rings (SSSR count). The lowest BCUT2D eigenvalue weighted by atomic mass is 10.2. The van der Waals surface area contributed by atoms with Crippen molar-refractivity contribution < 1.29 is 22.3 Å². The van der Waals surface area contributed by atoms with Crippen molar-refractivity contribution in [2.45, 2.75) is 12.9 Å². The van der Waals surface area contributed by atoms with Crippen molar-refractivity contribution in [1.29, 1.82) is 0 Å². The van der Waals surface area contributed by atoms with Crippen LogP contribution < -0.4 is 10.1 Å². The molecule has 36 heavy (non-hydrogen) atoms. The van der Waals surface area contributed by atoms with Gasteiger partial charge in [0.15, 0.2) is 5.82 Å². The molecule has 4 aromatic rings. The number of hydrogen-bond acceptors (Lipinski definition) is 8. The van der Waals surface area contributed by atoms with Gasteiger partial charge in [0.25, 0.3) is 5.95 Å². The second-order valence-electron chi connectivity index (χ2n) is 6.96. The molecule has 8 nitrogen and oxygen atoms in total. The van der Waals surface area contributed by atoms with Crippen molar-refractivity contribution >= 4 is 40.8 Å². The Balaban J connectivity index is 1.61. The first-order valence-corrected chi connectivity index (χ1v) is 10.7. The van der Waals surface area contributed by atoms with Gasteiger partial charge in [-0.2, -0.15) is 20.1 Å². The number of rotatable bonds is 7. The van der Waals surface area contributed by atoms with Gasteiger partial charge >= 0.3 is 6.36 Å². The van der Waals surface area contributed by atoms with E-state index in [0.717, 1.165) is 12.1 Å². The van der Waals surface area contributed by atoms with Gasteiger partial charge in [0.05, 0.1) is 17.1 Å². The highest BCUT2D eigenvalue weighted by molar-refractivity contribution is 6.33. The average Bonchev–Trinajstić information content (AvgIpc) is 2.79. The number of benzene rings is 2. The van der Waals surface area contributed by atoms with Gasteiger partial charge in [-0.1, -0.05) is 41.4 Å². The Morgan fingerprint density at radius 2 is 1.75 bits per heavy atom. The van der Waals surface area contributed by atoms with Crippen molar-refractivity contribution in [3.63, 3.8) is 0 Å². The maximum Gasteiger partial charge on any atom is 0.573 e. The molecule has 14 heteroatoms. The lowest BCUT2D eigenvalue weighted by Gasteiger charge is -2.09. The number of halogens is 6. The lowest BCUT2D eigenvalue weighted by Crippen LogP contribution is -2.16. The second kappa shape index (κ2) is 10.8. The molecule has 1 N–H and O–H groups in total. The predicted octanol–water partition coefficient (Wildman–Crippen LogP) is 7.31. The van der Waals surface area contributed by atoms with Crippen LogP contribution in [0, 0.1) is 5.82 Å². The van der Waals surface area contributed by atoms with E-state index in [0.29, 0.717) is 11.3 Å². The minimum atomic E-state index is -4.79. The molecule has 0 aliphatic rings. The van der Waals surface area contributed by atoms with Gasteiger partial charge in [-0.3, -0.25) is 0 Å². The Morgan fingerprint density at radius 1 is 0.972 bits per heavy atom. The van der Waals surface area contributed by atoms with Gasteiger partial charge in [-0.05, 0) is 42.0 Å². The van der Waals surface area contributed by atoms with Crippen LogP contribution in [0.4, 0.5) is 35.1 Å². The molecule has 0 unspecified atom stereocenters. The van der Waals surface area contributed by atoms with Crippen LogP contribution in [0.1, 0.15) is 5.56 Å². The zero-order valence-corrected chi connectivity index (χ0v) is 19.4. The molecule has 0 radical (unpaired) electrons. The summed E-state index contributed by atoms with van der Waals surface area (Å²) >= 11 is 12.1. The molecule has 0 fully saturated rings. The van der Waals surface area contributed by atoms with Gasteiger partial charge in [-0.15, -0.1) is 18.3 Å². The highest BCUT2D eigenvalue weighted by Crippen LogP contribution is 2.30. The largest absolute Gasteiger partial charge is 0.573 e. The van der Waals surface area contributed by atoms with Gasteiger partial charge in [0.2, 0.25) is 5.95 Å². The van der Waals surface area contributed by atoms with E-state index < -0.39 is 12.2 Å². The number of aromatic nitrogens is 4. The highest BCUT2D eigenvalue weighted by Gasteiger charge is 2.30. The SMILES string of the molecule is Fc1cccc(Cl)c1-c1nc(N=NCc2ccc(OC(F)(F)F)cc2)nc(Nc2ccnc(Cl)c2)n1. The number of alkyl halides is 3. The second-order valence-corrected chi connectivity index (χ2v) is 7.76. The van der Waals surface area contributed by atoms with Crippen LogP contribution in [-0.2, 0) is 6.54 Å². The van der Waals surface area contributed by atoms with Crippen LogP contribution in [-0.4, -0.2) is 26.3 Å². The summed E-state index contributed by atoms with van der Waals surface area (Å²) in [5.74, 6) is -1.28. The Hall–Kier alpha value is -3.90. The van der Waals surface area contributed by atoms with Gasteiger partial charge in [0.1, 0.15) is 16.7 Å². The van der Waals surface area contributed by atoms with E-state index in [9.17, 15) is 17.6 Å². The van der Waals surface area contributed by atoms with E-state index in [2.05, 4.69) is 40.2 Å². The molecular weight excluding hydrogens is 525 g/mol. The van der Waals surface area contributed by atoms with E-state index in [1.54, 1.807) is 6.07 Å². The number of nitrogens with one attached hydrogen (secondary N) is 1. The molecule has 0 saturated carbocycles. The Bertz CT molecular complexity index is 1380. The summed E-state index contributed by atoms with van der Waals surface area (Å²) in [6.45, 7) is -0.00348. The topological polar surface area (TPSA) is 97.5 Å². The molecule has 2 heterocycles. The van der Waals surface area contributed by atoms with Crippen molar-refractivity contribution in [3.8, 4) is 17.1 Å². The summed E-state index contributed by atoms with van der Waals surface area (Å²) in [4.78, 5) is 16.4.